The van der Waals surface area contributed by atoms with E-state index in [2.05, 4.69) is 5.32 Å². The summed E-state index contributed by atoms with van der Waals surface area (Å²) in [6.07, 6.45) is 0. The molecule has 24 heavy (non-hydrogen) atoms. The summed E-state index contributed by atoms with van der Waals surface area (Å²) in [7, 11) is 0. The zero-order chi connectivity index (χ0) is 17.1. The second-order valence-electron chi connectivity index (χ2n) is 5.05. The fraction of sp³-hybridized carbons (Fsp3) is 0.0556. The lowest BCUT2D eigenvalue weighted by Gasteiger charge is -2.09. The lowest BCUT2D eigenvalue weighted by Crippen LogP contribution is -2.12. The molecule has 122 valence electrons. The first-order valence-electron chi connectivity index (χ1n) is 7.14. The largest absolute Gasteiger partial charge is 0.459 e. The molecular weight excluding hydrogens is 349 g/mol. The van der Waals surface area contributed by atoms with Crippen molar-refractivity contribution in [3.8, 4) is 11.3 Å². The summed E-state index contributed by atoms with van der Waals surface area (Å²) in [6, 6.07) is 15.3. The third-order valence-electron chi connectivity index (χ3n) is 3.43. The predicted octanol–water partition coefficient (Wildman–Crippen LogP) is 5.00. The molecule has 6 heteroatoms. The topological polar surface area (TPSA) is 62.5 Å². The van der Waals surface area contributed by atoms with Gasteiger partial charge in [0.1, 0.15) is 18.1 Å². The van der Waals surface area contributed by atoms with Crippen LogP contribution in [0.2, 0.25) is 10.0 Å². The van der Waals surface area contributed by atoms with Crippen molar-refractivity contribution in [1.82, 2.24) is 0 Å². The van der Waals surface area contributed by atoms with E-state index in [0.717, 1.165) is 0 Å². The van der Waals surface area contributed by atoms with E-state index >= 15 is 0 Å². The maximum absolute atomic E-state index is 12.3. The van der Waals surface area contributed by atoms with Gasteiger partial charge < -0.3 is 14.8 Å². The van der Waals surface area contributed by atoms with E-state index in [0.29, 0.717) is 38.4 Å². The number of carbonyl (C=O) groups is 1. The quantitative estimate of drug-likeness (QED) is 0.687. The Kier molecular flexibility index (Phi) is 4.90. The highest BCUT2D eigenvalue weighted by Crippen LogP contribution is 2.32. The highest BCUT2D eigenvalue weighted by molar-refractivity contribution is 6.34. The predicted molar refractivity (Wildman–Crippen MR) is 94.5 cm³/mol. The highest BCUT2D eigenvalue weighted by Gasteiger charge is 2.13. The minimum atomic E-state index is -0.315. The van der Waals surface area contributed by atoms with Gasteiger partial charge in [0.05, 0.1) is 15.6 Å². The molecule has 4 nitrogen and oxygen atoms in total. The standard InChI is InChI=1S/C18H13Cl2NO3/c19-15-4-2-1-3-13(15)18(23)21-11-5-7-16(20)14(9-11)17-8-6-12(10-22)24-17/h1-9,22H,10H2,(H,21,23). The van der Waals surface area contributed by atoms with E-state index in [1.165, 1.54) is 0 Å². The number of nitrogens with one attached hydrogen (secondary N) is 1. The van der Waals surface area contributed by atoms with Gasteiger partial charge in [-0.25, -0.2) is 0 Å². The first-order chi connectivity index (χ1) is 11.6. The Morgan fingerprint density at radius 1 is 1.04 bits per heavy atom. The first-order valence-corrected chi connectivity index (χ1v) is 7.89. The van der Waals surface area contributed by atoms with Gasteiger partial charge >= 0.3 is 0 Å². The van der Waals surface area contributed by atoms with E-state index in [9.17, 15) is 4.79 Å². The maximum Gasteiger partial charge on any atom is 0.257 e. The smallest absolute Gasteiger partial charge is 0.257 e. The van der Waals surface area contributed by atoms with Gasteiger partial charge in [0, 0.05) is 11.3 Å². The second-order valence-corrected chi connectivity index (χ2v) is 5.87. The summed E-state index contributed by atoms with van der Waals surface area (Å²) in [5, 5.41) is 12.7. The number of hydrogen-bond donors (Lipinski definition) is 2. The molecule has 0 bridgehead atoms. The van der Waals surface area contributed by atoms with Crippen LogP contribution in [0.25, 0.3) is 11.3 Å². The molecule has 0 aliphatic carbocycles. The van der Waals surface area contributed by atoms with E-state index in [1.54, 1.807) is 54.6 Å². The Morgan fingerprint density at radius 3 is 2.54 bits per heavy atom. The van der Waals surface area contributed by atoms with Crippen molar-refractivity contribution in [1.29, 1.82) is 0 Å². The summed E-state index contributed by atoms with van der Waals surface area (Å²) >= 11 is 12.2. The van der Waals surface area contributed by atoms with Crippen molar-refractivity contribution in [2.45, 2.75) is 6.61 Å². The lowest BCUT2D eigenvalue weighted by molar-refractivity contribution is 0.102. The number of aliphatic hydroxyl groups is 1. The van der Waals surface area contributed by atoms with Gasteiger partial charge in [-0.15, -0.1) is 0 Å². The lowest BCUT2D eigenvalue weighted by atomic mass is 10.1. The Labute approximate surface area is 148 Å². The van der Waals surface area contributed by atoms with Crippen LogP contribution in [0.3, 0.4) is 0 Å². The van der Waals surface area contributed by atoms with E-state index in [4.69, 9.17) is 32.7 Å². The average Bonchev–Trinajstić information content (AvgIpc) is 3.06. The van der Waals surface area contributed by atoms with Gasteiger partial charge in [-0.1, -0.05) is 35.3 Å². The van der Waals surface area contributed by atoms with Gasteiger partial charge in [-0.05, 0) is 42.5 Å². The highest BCUT2D eigenvalue weighted by atomic mass is 35.5. The third-order valence-corrected chi connectivity index (χ3v) is 4.08. The molecule has 0 radical (unpaired) electrons. The van der Waals surface area contributed by atoms with Gasteiger partial charge in [-0.2, -0.15) is 0 Å². The van der Waals surface area contributed by atoms with Crippen LogP contribution in [-0.4, -0.2) is 11.0 Å². The van der Waals surface area contributed by atoms with Crippen LogP contribution in [0.5, 0.6) is 0 Å². The number of anilines is 1. The average molecular weight is 362 g/mol. The van der Waals surface area contributed by atoms with Crippen molar-refractivity contribution in [2.75, 3.05) is 5.32 Å². The number of benzene rings is 2. The van der Waals surface area contributed by atoms with Crippen molar-refractivity contribution in [3.05, 3.63) is 76.0 Å². The third kappa shape index (κ3) is 3.46. The van der Waals surface area contributed by atoms with Crippen LogP contribution < -0.4 is 5.32 Å². The fourth-order valence-corrected chi connectivity index (χ4v) is 2.68. The summed E-state index contributed by atoms with van der Waals surface area (Å²) in [5.41, 5.74) is 1.56. The zero-order valence-corrected chi connectivity index (χ0v) is 13.9. The number of carbonyl (C=O) groups excluding carboxylic acids is 1. The molecule has 2 aromatic carbocycles. The van der Waals surface area contributed by atoms with Crippen molar-refractivity contribution >= 4 is 34.8 Å². The summed E-state index contributed by atoms with van der Waals surface area (Å²) in [5.74, 6) is 0.633. The Hall–Kier alpha value is -2.27. The number of rotatable bonds is 4. The SMILES string of the molecule is O=C(Nc1ccc(Cl)c(-c2ccc(CO)o2)c1)c1ccccc1Cl. The number of halogens is 2. The number of amides is 1. The fourth-order valence-electron chi connectivity index (χ4n) is 2.24. The molecule has 1 heterocycles. The Balaban J connectivity index is 1.88. The molecule has 0 unspecified atom stereocenters. The van der Waals surface area contributed by atoms with Crippen LogP contribution >= 0.6 is 23.2 Å². The molecule has 1 amide bonds. The van der Waals surface area contributed by atoms with Crippen LogP contribution in [0, 0.1) is 0 Å². The maximum atomic E-state index is 12.3. The van der Waals surface area contributed by atoms with Crippen molar-refractivity contribution < 1.29 is 14.3 Å². The van der Waals surface area contributed by atoms with Crippen LogP contribution in [0.4, 0.5) is 5.69 Å². The van der Waals surface area contributed by atoms with Gasteiger partial charge in [-0.3, -0.25) is 4.79 Å². The molecule has 0 saturated carbocycles. The molecular formula is C18H13Cl2NO3. The molecule has 1 aromatic heterocycles. The molecule has 0 saturated heterocycles. The first kappa shape index (κ1) is 16.6. The molecule has 0 fully saturated rings. The second kappa shape index (κ2) is 7.09. The summed E-state index contributed by atoms with van der Waals surface area (Å²) < 4.78 is 5.50. The van der Waals surface area contributed by atoms with E-state index in [1.807, 2.05) is 0 Å². The van der Waals surface area contributed by atoms with E-state index in [-0.39, 0.29) is 12.5 Å². The molecule has 0 atom stereocenters. The van der Waals surface area contributed by atoms with Crippen molar-refractivity contribution in [2.24, 2.45) is 0 Å². The molecule has 3 rings (SSSR count). The summed E-state index contributed by atoms with van der Waals surface area (Å²) in [4.78, 5) is 12.3. The monoisotopic (exact) mass is 361 g/mol. The normalized spacial score (nSPS) is 10.6. The summed E-state index contributed by atoms with van der Waals surface area (Å²) in [6.45, 7) is -0.194. The number of aliphatic hydroxyl groups excluding tert-OH is 1. The molecule has 2 N–H and O–H groups in total. The van der Waals surface area contributed by atoms with Gasteiger partial charge in [0.2, 0.25) is 0 Å². The van der Waals surface area contributed by atoms with Crippen LogP contribution in [0.1, 0.15) is 16.1 Å². The van der Waals surface area contributed by atoms with Gasteiger partial charge in [0.15, 0.2) is 0 Å². The van der Waals surface area contributed by atoms with Crippen molar-refractivity contribution in [3.63, 3.8) is 0 Å². The molecule has 0 aliphatic heterocycles. The van der Waals surface area contributed by atoms with Crippen LogP contribution in [0.15, 0.2) is 59.0 Å². The zero-order valence-electron chi connectivity index (χ0n) is 12.4. The molecule has 3 aromatic rings. The number of hydrogen-bond acceptors (Lipinski definition) is 3. The van der Waals surface area contributed by atoms with Crippen LogP contribution in [-0.2, 0) is 6.61 Å². The minimum absolute atomic E-state index is 0.194. The van der Waals surface area contributed by atoms with Gasteiger partial charge in [0.25, 0.3) is 5.91 Å². The van der Waals surface area contributed by atoms with E-state index < -0.39 is 0 Å². The molecule has 0 aliphatic rings. The minimum Gasteiger partial charge on any atom is -0.459 e. The Bertz CT molecular complexity index is 889. The number of furan rings is 1. The molecule has 0 spiro atoms. The Morgan fingerprint density at radius 2 is 1.83 bits per heavy atom.